The molecule has 0 aliphatic carbocycles. The zero-order valence-electron chi connectivity index (χ0n) is 36.1. The molecule has 5 rings (SSSR count). The second-order valence-corrected chi connectivity index (χ2v) is 17.8. The summed E-state index contributed by atoms with van der Waals surface area (Å²) in [6.45, 7) is 16.1. The molecule has 0 aromatic heterocycles. The molecule has 0 saturated heterocycles. The zero-order valence-corrected chi connectivity index (χ0v) is 37.6. The number of azo groups is 1. The topological polar surface area (TPSA) is 205 Å². The van der Waals surface area contributed by atoms with E-state index in [2.05, 4.69) is 68.5 Å². The molecule has 62 heavy (non-hydrogen) atoms. The lowest BCUT2D eigenvalue weighted by Crippen LogP contribution is -2.24. The second kappa shape index (κ2) is 19.4. The van der Waals surface area contributed by atoms with Gasteiger partial charge in [0.2, 0.25) is 5.91 Å². The van der Waals surface area contributed by atoms with Crippen molar-refractivity contribution >= 4 is 67.1 Å². The SMILES string of the molecule is CCC(=O)Nc1ccc2cc(S(=O)(=O)O)c(N=Nc3ccc(OCCOc4cc(NC(=O)COc5ccc(C(C)(C)CC)cc5C(C)(C)CC)c(O)c(Cl)c4C)cc3)c(O)c2c1. The number of hydrogen-bond donors (Lipinski definition) is 5. The van der Waals surface area contributed by atoms with Gasteiger partial charge in [0.15, 0.2) is 18.1 Å². The van der Waals surface area contributed by atoms with Crippen molar-refractivity contribution in [2.75, 3.05) is 30.5 Å². The van der Waals surface area contributed by atoms with Gasteiger partial charge in [0, 0.05) is 34.7 Å². The molecule has 5 aromatic rings. The van der Waals surface area contributed by atoms with Crippen molar-refractivity contribution in [1.82, 2.24) is 0 Å². The molecule has 5 N–H and O–H groups in total. The standard InChI is InChI=1S/C46H53ClN4O10S/c1-9-39(52)48-31-14-12-28-22-38(62(56,57)58)42(43(54)33(28)24-31)51-50-30-15-17-32(18-16-30)59-20-21-60-37-25-35(44(55)41(47)27(37)4)49-40(53)26-61-36-19-13-29(45(5,6)10-2)23-34(36)46(7,8)11-3/h12-19,22-25,54-55H,9-11,20-21,26H2,1-8H3,(H,48,52)(H,49,53)(H,56,57,58). The summed E-state index contributed by atoms with van der Waals surface area (Å²) in [5.41, 5.74) is 2.64. The molecule has 0 heterocycles. The molecule has 0 saturated carbocycles. The van der Waals surface area contributed by atoms with E-state index in [9.17, 15) is 32.8 Å². The number of halogens is 1. The Kier molecular flexibility index (Phi) is 14.8. The third-order valence-electron chi connectivity index (χ3n) is 11.0. The maximum absolute atomic E-state index is 13.1. The van der Waals surface area contributed by atoms with Gasteiger partial charge in [-0.1, -0.05) is 78.3 Å². The minimum absolute atomic E-state index is 0.0106. The van der Waals surface area contributed by atoms with E-state index in [1.54, 1.807) is 38.1 Å². The molecule has 16 heteroatoms. The number of ether oxygens (including phenoxy) is 3. The summed E-state index contributed by atoms with van der Waals surface area (Å²) in [5, 5.41) is 35.7. The van der Waals surface area contributed by atoms with Gasteiger partial charge in [-0.3, -0.25) is 14.1 Å². The third-order valence-corrected chi connectivity index (χ3v) is 12.3. The van der Waals surface area contributed by atoms with Crippen molar-refractivity contribution < 1.29 is 47.0 Å². The number of aromatic hydroxyl groups is 2. The number of rotatable bonds is 18. The Hall–Kier alpha value is -5.90. The maximum Gasteiger partial charge on any atom is 0.296 e. The number of anilines is 2. The van der Waals surface area contributed by atoms with Gasteiger partial charge in [-0.15, -0.1) is 5.11 Å². The zero-order chi connectivity index (χ0) is 45.6. The molecule has 330 valence electrons. The molecule has 0 atom stereocenters. The van der Waals surface area contributed by atoms with Gasteiger partial charge in [-0.25, -0.2) is 0 Å². The van der Waals surface area contributed by atoms with Crippen molar-refractivity contribution in [2.45, 2.75) is 90.4 Å². The summed E-state index contributed by atoms with van der Waals surface area (Å²) in [6, 6.07) is 19.5. The van der Waals surface area contributed by atoms with E-state index in [1.165, 1.54) is 29.8 Å². The Balaban J connectivity index is 1.22. The Bertz CT molecular complexity index is 2610. The summed E-state index contributed by atoms with van der Waals surface area (Å²) >= 11 is 6.45. The van der Waals surface area contributed by atoms with E-state index in [1.807, 2.05) is 12.1 Å². The smallest absolute Gasteiger partial charge is 0.296 e. The van der Waals surface area contributed by atoms with Crippen molar-refractivity contribution in [3.63, 3.8) is 0 Å². The molecule has 5 aromatic carbocycles. The van der Waals surface area contributed by atoms with E-state index >= 15 is 0 Å². The molecule has 14 nitrogen and oxygen atoms in total. The van der Waals surface area contributed by atoms with Gasteiger partial charge in [-0.2, -0.15) is 13.5 Å². The van der Waals surface area contributed by atoms with Crippen LogP contribution in [0.4, 0.5) is 22.7 Å². The van der Waals surface area contributed by atoms with Gasteiger partial charge in [-0.05, 0) is 90.1 Å². The van der Waals surface area contributed by atoms with E-state index in [4.69, 9.17) is 25.8 Å². The first kappa shape index (κ1) is 47.2. The van der Waals surface area contributed by atoms with Crippen LogP contribution in [0, 0.1) is 6.92 Å². The maximum atomic E-state index is 13.1. The second-order valence-electron chi connectivity index (χ2n) is 16.0. The summed E-state index contributed by atoms with van der Waals surface area (Å²) in [7, 11) is -4.82. The van der Waals surface area contributed by atoms with Crippen molar-refractivity contribution in [3.05, 3.63) is 94.5 Å². The van der Waals surface area contributed by atoms with E-state index in [0.29, 0.717) is 28.5 Å². The van der Waals surface area contributed by atoms with E-state index in [0.717, 1.165) is 24.5 Å². The Labute approximate surface area is 367 Å². The normalized spacial score (nSPS) is 12.1. The number of nitrogens with zero attached hydrogens (tertiary/aromatic N) is 2. The number of benzene rings is 5. The Morgan fingerprint density at radius 1 is 0.758 bits per heavy atom. The lowest BCUT2D eigenvalue weighted by molar-refractivity contribution is -0.118. The van der Waals surface area contributed by atoms with Gasteiger partial charge in [0.05, 0.1) is 16.4 Å². The van der Waals surface area contributed by atoms with E-state index in [-0.39, 0.29) is 75.9 Å². The minimum atomic E-state index is -4.82. The lowest BCUT2D eigenvalue weighted by atomic mass is 9.76. The number of carbonyl (C=O) groups is 2. The first-order valence-electron chi connectivity index (χ1n) is 20.1. The van der Waals surface area contributed by atoms with Gasteiger partial charge < -0.3 is 35.1 Å². The fourth-order valence-corrected chi connectivity index (χ4v) is 7.13. The fourth-order valence-electron chi connectivity index (χ4n) is 6.28. The van der Waals surface area contributed by atoms with Gasteiger partial charge in [0.25, 0.3) is 16.0 Å². The summed E-state index contributed by atoms with van der Waals surface area (Å²) in [5.74, 6) is -0.268. The molecular weight excluding hydrogens is 836 g/mol. The quantitative estimate of drug-likeness (QED) is 0.0243. The van der Waals surface area contributed by atoms with Crippen LogP contribution in [0.3, 0.4) is 0 Å². The monoisotopic (exact) mass is 888 g/mol. The van der Waals surface area contributed by atoms with Crippen LogP contribution in [0.25, 0.3) is 10.8 Å². The fraction of sp³-hybridized carbons (Fsp3) is 0.348. The Morgan fingerprint density at radius 3 is 2.08 bits per heavy atom. The predicted octanol–water partition coefficient (Wildman–Crippen LogP) is 11.1. The molecular formula is C46H53ClN4O10S. The van der Waals surface area contributed by atoms with Crippen molar-refractivity contribution in [3.8, 4) is 28.7 Å². The Morgan fingerprint density at radius 2 is 1.44 bits per heavy atom. The van der Waals surface area contributed by atoms with Gasteiger partial charge in [0.1, 0.15) is 41.0 Å². The predicted molar refractivity (Wildman–Crippen MR) is 241 cm³/mol. The van der Waals surface area contributed by atoms with Crippen LogP contribution in [0.15, 0.2) is 87.9 Å². The molecule has 0 aliphatic heterocycles. The highest BCUT2D eigenvalue weighted by Gasteiger charge is 2.28. The molecule has 0 radical (unpaired) electrons. The van der Waals surface area contributed by atoms with Crippen LogP contribution in [0.2, 0.25) is 5.02 Å². The molecule has 0 aliphatic rings. The number of hydrogen-bond acceptors (Lipinski definition) is 11. The van der Waals surface area contributed by atoms with Crippen LogP contribution in [-0.4, -0.2) is 54.8 Å². The molecule has 0 unspecified atom stereocenters. The summed E-state index contributed by atoms with van der Waals surface area (Å²) in [6.07, 6.45) is 2.06. The van der Waals surface area contributed by atoms with Crippen LogP contribution < -0.4 is 24.8 Å². The number of carbonyl (C=O) groups excluding carboxylic acids is 2. The van der Waals surface area contributed by atoms with Gasteiger partial charge >= 0.3 is 0 Å². The summed E-state index contributed by atoms with van der Waals surface area (Å²) < 4.78 is 52.2. The number of phenolic OH excluding ortho intramolecular Hbond substituents is 2. The number of amides is 2. The van der Waals surface area contributed by atoms with Crippen LogP contribution in [0.1, 0.15) is 84.4 Å². The highest BCUT2D eigenvalue weighted by molar-refractivity contribution is 7.86. The van der Waals surface area contributed by atoms with Crippen LogP contribution in [-0.2, 0) is 30.5 Å². The highest BCUT2D eigenvalue weighted by Crippen LogP contribution is 2.43. The minimum Gasteiger partial charge on any atom is -0.505 e. The number of phenols is 2. The van der Waals surface area contributed by atoms with E-state index < -0.39 is 32.4 Å². The number of nitrogens with one attached hydrogen (secondary N) is 2. The van der Waals surface area contributed by atoms with Crippen molar-refractivity contribution in [2.24, 2.45) is 10.2 Å². The molecule has 0 spiro atoms. The lowest BCUT2D eigenvalue weighted by Gasteiger charge is -2.30. The number of fused-ring (bicyclic) bond motifs is 1. The molecule has 0 fully saturated rings. The summed E-state index contributed by atoms with van der Waals surface area (Å²) in [4.78, 5) is 24.4. The molecule has 0 bridgehead atoms. The largest absolute Gasteiger partial charge is 0.505 e. The van der Waals surface area contributed by atoms with Crippen molar-refractivity contribution in [1.29, 1.82) is 0 Å². The average Bonchev–Trinajstić information content (AvgIpc) is 3.24. The average molecular weight is 889 g/mol. The highest BCUT2D eigenvalue weighted by atomic mass is 35.5. The third kappa shape index (κ3) is 11.1. The molecule has 2 amide bonds. The first-order valence-corrected chi connectivity index (χ1v) is 21.9. The van der Waals surface area contributed by atoms with Crippen LogP contribution in [0.5, 0.6) is 28.7 Å². The van der Waals surface area contributed by atoms with Crippen LogP contribution >= 0.6 is 11.6 Å². The first-order chi connectivity index (χ1) is 29.2.